The lowest BCUT2D eigenvalue weighted by atomic mass is 10.4. The lowest BCUT2D eigenvalue weighted by Crippen LogP contribution is -2.24. The molecule has 1 heterocycles. The van der Waals surface area contributed by atoms with E-state index in [0.717, 1.165) is 43.4 Å². The molecule has 0 aliphatic rings. The van der Waals surface area contributed by atoms with E-state index in [9.17, 15) is 0 Å². The lowest BCUT2D eigenvalue weighted by Gasteiger charge is -2.17. The molecular formula is C11H20N2O2. The fraction of sp³-hybridized carbons (Fsp3) is 0.727. The van der Waals surface area contributed by atoms with Crippen LogP contribution in [0.4, 0.5) is 0 Å². The van der Waals surface area contributed by atoms with Gasteiger partial charge in [-0.3, -0.25) is 4.90 Å². The molecule has 0 saturated carbocycles. The van der Waals surface area contributed by atoms with Crippen molar-refractivity contribution in [1.29, 1.82) is 0 Å². The summed E-state index contributed by atoms with van der Waals surface area (Å²) in [5, 5.41) is 8.76. The zero-order valence-electron chi connectivity index (χ0n) is 9.79. The molecule has 15 heavy (non-hydrogen) atoms. The van der Waals surface area contributed by atoms with Crippen molar-refractivity contribution in [3.8, 4) is 0 Å². The molecular weight excluding hydrogens is 192 g/mol. The van der Waals surface area contributed by atoms with Gasteiger partial charge in [-0.15, -0.1) is 0 Å². The molecule has 0 fully saturated rings. The molecule has 1 rings (SSSR count). The van der Waals surface area contributed by atoms with Gasteiger partial charge in [0.05, 0.1) is 12.2 Å². The van der Waals surface area contributed by atoms with E-state index in [1.165, 1.54) is 0 Å². The summed E-state index contributed by atoms with van der Waals surface area (Å²) >= 11 is 0. The van der Waals surface area contributed by atoms with Crippen LogP contribution in [-0.2, 0) is 6.54 Å². The Bertz CT molecular complexity index is 277. The van der Waals surface area contributed by atoms with Crippen LogP contribution in [0.1, 0.15) is 30.7 Å². The summed E-state index contributed by atoms with van der Waals surface area (Å²) in [5.41, 5.74) is 0.961. The van der Waals surface area contributed by atoms with Crippen molar-refractivity contribution < 1.29 is 9.52 Å². The first-order valence-electron chi connectivity index (χ1n) is 5.43. The molecule has 0 saturated heterocycles. The van der Waals surface area contributed by atoms with Crippen LogP contribution in [0.5, 0.6) is 0 Å². The highest BCUT2D eigenvalue weighted by Crippen LogP contribution is 2.10. The Morgan fingerprint density at radius 1 is 1.40 bits per heavy atom. The van der Waals surface area contributed by atoms with Gasteiger partial charge in [-0.2, -0.15) is 0 Å². The van der Waals surface area contributed by atoms with Gasteiger partial charge in [0, 0.05) is 13.2 Å². The van der Waals surface area contributed by atoms with Gasteiger partial charge in [-0.05, 0) is 26.8 Å². The minimum Gasteiger partial charge on any atom is -0.444 e. The van der Waals surface area contributed by atoms with E-state index < -0.39 is 0 Å². The van der Waals surface area contributed by atoms with Crippen LogP contribution in [0.25, 0.3) is 0 Å². The molecule has 0 bridgehead atoms. The maximum atomic E-state index is 8.76. The van der Waals surface area contributed by atoms with E-state index in [1.54, 1.807) is 0 Å². The van der Waals surface area contributed by atoms with Crippen molar-refractivity contribution in [3.05, 3.63) is 17.3 Å². The molecule has 1 aromatic heterocycles. The van der Waals surface area contributed by atoms with E-state index >= 15 is 0 Å². The average Bonchev–Trinajstić information content (AvgIpc) is 2.53. The average molecular weight is 212 g/mol. The number of aliphatic hydroxyl groups excluding tert-OH is 1. The predicted molar refractivity (Wildman–Crippen MR) is 58.6 cm³/mol. The highest BCUT2D eigenvalue weighted by atomic mass is 16.4. The smallest absolute Gasteiger partial charge is 0.208 e. The van der Waals surface area contributed by atoms with Gasteiger partial charge in [0.25, 0.3) is 0 Å². The molecule has 0 unspecified atom stereocenters. The third-order valence-corrected chi connectivity index (χ3v) is 2.51. The Morgan fingerprint density at radius 3 is 2.60 bits per heavy atom. The van der Waals surface area contributed by atoms with Gasteiger partial charge in [-0.1, -0.05) is 6.92 Å². The zero-order valence-corrected chi connectivity index (χ0v) is 9.79. The summed E-state index contributed by atoms with van der Waals surface area (Å²) in [7, 11) is 0. The maximum absolute atomic E-state index is 8.76. The van der Waals surface area contributed by atoms with Crippen LogP contribution in [0.3, 0.4) is 0 Å². The van der Waals surface area contributed by atoms with Crippen molar-refractivity contribution in [1.82, 2.24) is 9.88 Å². The molecule has 0 aliphatic heterocycles. The third kappa shape index (κ3) is 3.64. The monoisotopic (exact) mass is 212 g/mol. The van der Waals surface area contributed by atoms with Crippen molar-refractivity contribution in [2.75, 3.05) is 19.7 Å². The second-order valence-corrected chi connectivity index (χ2v) is 3.70. The summed E-state index contributed by atoms with van der Waals surface area (Å²) in [5.74, 6) is 1.66. The molecule has 1 N–H and O–H groups in total. The first-order valence-corrected chi connectivity index (χ1v) is 5.43. The Morgan fingerprint density at radius 2 is 2.13 bits per heavy atom. The van der Waals surface area contributed by atoms with Crippen LogP contribution in [-0.4, -0.2) is 34.7 Å². The molecule has 86 valence electrons. The van der Waals surface area contributed by atoms with E-state index in [4.69, 9.17) is 9.52 Å². The van der Waals surface area contributed by atoms with E-state index in [2.05, 4.69) is 16.8 Å². The Labute approximate surface area is 90.9 Å². The van der Waals surface area contributed by atoms with Crippen LogP contribution < -0.4 is 0 Å². The molecule has 0 spiro atoms. The SMILES string of the molecule is CCN(CCCO)Cc1nc(C)c(C)o1. The first-order chi connectivity index (χ1) is 7.17. The van der Waals surface area contributed by atoms with Gasteiger partial charge in [0.2, 0.25) is 5.89 Å². The van der Waals surface area contributed by atoms with Crippen LogP contribution >= 0.6 is 0 Å². The number of rotatable bonds is 6. The molecule has 0 amide bonds. The van der Waals surface area contributed by atoms with Crippen LogP contribution in [0.15, 0.2) is 4.42 Å². The Balaban J connectivity index is 2.50. The standard InChI is InChI=1S/C11H20N2O2/c1-4-13(6-5-7-14)8-11-12-9(2)10(3)15-11/h14H,4-8H2,1-3H3. The number of aliphatic hydroxyl groups is 1. The zero-order chi connectivity index (χ0) is 11.3. The van der Waals surface area contributed by atoms with E-state index in [0.29, 0.717) is 0 Å². The number of hydrogen-bond donors (Lipinski definition) is 1. The number of aromatic nitrogens is 1. The predicted octanol–water partition coefficient (Wildman–Crippen LogP) is 1.50. The van der Waals surface area contributed by atoms with Crippen molar-refractivity contribution in [3.63, 3.8) is 0 Å². The first kappa shape index (κ1) is 12.2. The van der Waals surface area contributed by atoms with E-state index in [1.807, 2.05) is 13.8 Å². The van der Waals surface area contributed by atoms with E-state index in [-0.39, 0.29) is 6.61 Å². The Hall–Kier alpha value is -0.870. The summed E-state index contributed by atoms with van der Waals surface area (Å²) in [6.07, 6.45) is 0.798. The summed E-state index contributed by atoms with van der Waals surface area (Å²) < 4.78 is 5.51. The highest BCUT2D eigenvalue weighted by Gasteiger charge is 2.09. The van der Waals surface area contributed by atoms with Crippen LogP contribution in [0.2, 0.25) is 0 Å². The summed E-state index contributed by atoms with van der Waals surface area (Å²) in [6.45, 7) is 8.77. The quantitative estimate of drug-likeness (QED) is 0.776. The lowest BCUT2D eigenvalue weighted by molar-refractivity contribution is 0.211. The molecule has 4 nitrogen and oxygen atoms in total. The molecule has 0 aliphatic carbocycles. The summed E-state index contributed by atoms with van der Waals surface area (Å²) in [4.78, 5) is 6.54. The van der Waals surface area contributed by atoms with Crippen molar-refractivity contribution >= 4 is 0 Å². The number of aryl methyl sites for hydroxylation is 2. The molecule has 1 aromatic rings. The second kappa shape index (κ2) is 5.88. The maximum Gasteiger partial charge on any atom is 0.208 e. The van der Waals surface area contributed by atoms with Gasteiger partial charge in [0.15, 0.2) is 0 Å². The second-order valence-electron chi connectivity index (χ2n) is 3.70. The third-order valence-electron chi connectivity index (χ3n) is 2.51. The number of hydrogen-bond acceptors (Lipinski definition) is 4. The molecule has 4 heteroatoms. The number of nitrogens with zero attached hydrogens (tertiary/aromatic N) is 2. The van der Waals surface area contributed by atoms with Gasteiger partial charge in [-0.25, -0.2) is 4.98 Å². The van der Waals surface area contributed by atoms with Gasteiger partial charge in [0.1, 0.15) is 5.76 Å². The summed E-state index contributed by atoms with van der Waals surface area (Å²) in [6, 6.07) is 0. The minimum absolute atomic E-state index is 0.236. The molecule has 0 atom stereocenters. The largest absolute Gasteiger partial charge is 0.444 e. The van der Waals surface area contributed by atoms with Gasteiger partial charge < -0.3 is 9.52 Å². The topological polar surface area (TPSA) is 49.5 Å². The normalized spacial score (nSPS) is 11.3. The fourth-order valence-corrected chi connectivity index (χ4v) is 1.44. The highest BCUT2D eigenvalue weighted by molar-refractivity contribution is 5.05. The minimum atomic E-state index is 0.236. The number of oxazole rings is 1. The molecule has 0 radical (unpaired) electrons. The van der Waals surface area contributed by atoms with Gasteiger partial charge >= 0.3 is 0 Å². The van der Waals surface area contributed by atoms with Crippen molar-refractivity contribution in [2.24, 2.45) is 0 Å². The fourth-order valence-electron chi connectivity index (χ4n) is 1.44. The van der Waals surface area contributed by atoms with Crippen molar-refractivity contribution in [2.45, 2.75) is 33.7 Å². The molecule has 0 aromatic carbocycles. The Kier molecular flexibility index (Phi) is 4.78. The van der Waals surface area contributed by atoms with Crippen LogP contribution in [0, 0.1) is 13.8 Å².